The molecule has 1 aromatic carbocycles. The normalized spacial score (nSPS) is 15.5. The van der Waals surface area contributed by atoms with Gasteiger partial charge in [0, 0.05) is 30.4 Å². The van der Waals surface area contributed by atoms with Crippen LogP contribution >= 0.6 is 0 Å². The summed E-state index contributed by atoms with van der Waals surface area (Å²) in [6.07, 6.45) is -7.79. The second kappa shape index (κ2) is 9.61. The molecule has 15 heteroatoms. The lowest BCUT2D eigenvalue weighted by Gasteiger charge is -2.19. The molecule has 2 heterocycles. The Bertz CT molecular complexity index is 1370. The zero-order valence-corrected chi connectivity index (χ0v) is 20.0. The number of rotatable bonds is 9. The summed E-state index contributed by atoms with van der Waals surface area (Å²) in [5, 5.41) is 4.43. The van der Waals surface area contributed by atoms with Crippen molar-refractivity contribution < 1.29 is 39.5 Å². The van der Waals surface area contributed by atoms with Gasteiger partial charge in [-0.2, -0.15) is 49.3 Å². The van der Waals surface area contributed by atoms with E-state index in [0.717, 1.165) is 12.1 Å². The lowest BCUT2D eigenvalue weighted by atomic mass is 10.0. The standard InChI is InChI=1S/C22H21F6N5O3S/c1-2-33-19(36-18-7-6-16(12-29-18)22(26,27)28)11-17(31-33)14-4-3-5-15(10-14)20(8-9-20)32-37(34,35)30-13-21(23,24)25/h3-7,10-12,30,32H,2,8-9,13H2,1H3. The van der Waals surface area contributed by atoms with Crippen LogP contribution in [0.1, 0.15) is 30.9 Å². The monoisotopic (exact) mass is 549 g/mol. The molecule has 0 unspecified atom stereocenters. The van der Waals surface area contributed by atoms with E-state index in [4.69, 9.17) is 4.74 Å². The van der Waals surface area contributed by atoms with Gasteiger partial charge in [0.05, 0.1) is 16.8 Å². The summed E-state index contributed by atoms with van der Waals surface area (Å²) in [6.45, 7) is 0.454. The fourth-order valence-electron chi connectivity index (χ4n) is 3.59. The fourth-order valence-corrected chi connectivity index (χ4v) is 4.85. The molecule has 0 saturated heterocycles. The topological polar surface area (TPSA) is 98.1 Å². The molecule has 1 aliphatic carbocycles. The van der Waals surface area contributed by atoms with Crippen LogP contribution < -0.4 is 14.2 Å². The number of hydrogen-bond donors (Lipinski definition) is 2. The van der Waals surface area contributed by atoms with Crippen molar-refractivity contribution in [2.24, 2.45) is 0 Å². The lowest BCUT2D eigenvalue weighted by molar-refractivity contribution is -0.137. The molecule has 4 rings (SSSR count). The molecule has 1 aliphatic rings. The summed E-state index contributed by atoms with van der Waals surface area (Å²) in [5.74, 6) is 0.147. The first kappa shape index (κ1) is 26.9. The molecule has 0 amide bonds. The van der Waals surface area contributed by atoms with Crippen LogP contribution in [0.5, 0.6) is 11.8 Å². The predicted octanol–water partition coefficient (Wildman–Crippen LogP) is 4.75. The van der Waals surface area contributed by atoms with Gasteiger partial charge in [0.15, 0.2) is 0 Å². The molecule has 1 fully saturated rings. The number of alkyl halides is 6. The van der Waals surface area contributed by atoms with Gasteiger partial charge in [-0.15, -0.1) is 0 Å². The highest BCUT2D eigenvalue weighted by molar-refractivity contribution is 7.87. The molecular weight excluding hydrogens is 528 g/mol. The van der Waals surface area contributed by atoms with Gasteiger partial charge in [-0.3, -0.25) is 0 Å². The van der Waals surface area contributed by atoms with E-state index in [1.807, 2.05) is 0 Å². The smallest absolute Gasteiger partial charge is 0.417 e. The summed E-state index contributed by atoms with van der Waals surface area (Å²) < 4.78 is 111. The fraction of sp³-hybridized carbons (Fsp3) is 0.364. The molecule has 0 spiro atoms. The van der Waals surface area contributed by atoms with E-state index in [0.29, 0.717) is 42.4 Å². The Morgan fingerprint density at radius 2 is 1.81 bits per heavy atom. The minimum atomic E-state index is -4.70. The molecule has 3 aromatic rings. The molecule has 0 bridgehead atoms. The van der Waals surface area contributed by atoms with Gasteiger partial charge < -0.3 is 4.74 Å². The van der Waals surface area contributed by atoms with E-state index in [-0.39, 0.29) is 11.8 Å². The molecule has 0 radical (unpaired) electrons. The van der Waals surface area contributed by atoms with Crippen molar-refractivity contribution in [1.29, 1.82) is 0 Å². The van der Waals surface area contributed by atoms with Crippen LogP contribution in [0.2, 0.25) is 0 Å². The number of aromatic nitrogens is 3. The number of benzene rings is 1. The summed E-state index contributed by atoms with van der Waals surface area (Å²) in [6, 6.07) is 10.2. The third-order valence-electron chi connectivity index (χ3n) is 5.57. The molecule has 2 N–H and O–H groups in total. The average molecular weight is 549 g/mol. The molecule has 2 aromatic heterocycles. The Labute approximate surface area is 207 Å². The second-order valence-corrected chi connectivity index (χ2v) is 9.87. The predicted molar refractivity (Wildman–Crippen MR) is 120 cm³/mol. The Morgan fingerprint density at radius 1 is 1.08 bits per heavy atom. The highest BCUT2D eigenvalue weighted by Crippen LogP contribution is 2.47. The number of aryl methyl sites for hydroxylation is 1. The van der Waals surface area contributed by atoms with E-state index in [9.17, 15) is 34.8 Å². The quantitative estimate of drug-likeness (QED) is 0.376. The molecule has 8 nitrogen and oxygen atoms in total. The van der Waals surface area contributed by atoms with Gasteiger partial charge >= 0.3 is 12.4 Å². The van der Waals surface area contributed by atoms with E-state index < -0.39 is 40.2 Å². The van der Waals surface area contributed by atoms with E-state index >= 15 is 0 Å². The van der Waals surface area contributed by atoms with Gasteiger partial charge in [0.1, 0.15) is 6.54 Å². The van der Waals surface area contributed by atoms with Crippen LogP contribution in [0.25, 0.3) is 11.3 Å². The van der Waals surface area contributed by atoms with Crippen LogP contribution in [0, 0.1) is 0 Å². The van der Waals surface area contributed by atoms with Gasteiger partial charge in [0.2, 0.25) is 11.8 Å². The maximum absolute atomic E-state index is 12.8. The molecule has 37 heavy (non-hydrogen) atoms. The van der Waals surface area contributed by atoms with Crippen molar-refractivity contribution in [2.75, 3.05) is 6.54 Å². The molecule has 0 atom stereocenters. The maximum atomic E-state index is 12.8. The maximum Gasteiger partial charge on any atom is 0.417 e. The van der Waals surface area contributed by atoms with E-state index in [1.165, 1.54) is 9.40 Å². The van der Waals surface area contributed by atoms with Crippen molar-refractivity contribution in [1.82, 2.24) is 24.2 Å². The Balaban J connectivity index is 1.54. The van der Waals surface area contributed by atoms with Crippen molar-refractivity contribution in [3.8, 4) is 23.0 Å². The number of ether oxygens (including phenoxy) is 1. The van der Waals surface area contributed by atoms with Crippen molar-refractivity contribution >= 4 is 10.2 Å². The summed E-state index contributed by atoms with van der Waals surface area (Å²) in [5.41, 5.74) is -0.424. The molecule has 0 aliphatic heterocycles. The Kier molecular flexibility index (Phi) is 6.98. The highest BCUT2D eigenvalue weighted by Gasteiger charge is 2.48. The Morgan fingerprint density at radius 3 is 2.38 bits per heavy atom. The number of nitrogens with zero attached hydrogens (tertiary/aromatic N) is 3. The van der Waals surface area contributed by atoms with Crippen molar-refractivity contribution in [3.05, 3.63) is 59.8 Å². The molecule has 1 saturated carbocycles. The summed E-state index contributed by atoms with van der Waals surface area (Å²) in [4.78, 5) is 3.69. The number of hydrogen-bond acceptors (Lipinski definition) is 5. The molecule has 200 valence electrons. The number of halogens is 6. The van der Waals surface area contributed by atoms with Crippen molar-refractivity contribution in [3.63, 3.8) is 0 Å². The summed E-state index contributed by atoms with van der Waals surface area (Å²) >= 11 is 0. The van der Waals surface area contributed by atoms with Gasteiger partial charge in [-0.05, 0) is 37.5 Å². The minimum Gasteiger partial charge on any atom is -0.421 e. The first-order valence-corrected chi connectivity index (χ1v) is 12.4. The summed E-state index contributed by atoms with van der Waals surface area (Å²) in [7, 11) is -4.43. The Hall–Kier alpha value is -3.17. The van der Waals surface area contributed by atoms with Crippen LogP contribution in [0.3, 0.4) is 0 Å². The SMILES string of the molecule is CCn1nc(-c2cccc(C3(NS(=O)(=O)NCC(F)(F)F)CC3)c2)cc1Oc1ccc(C(F)(F)F)cn1. The lowest BCUT2D eigenvalue weighted by Crippen LogP contribution is -2.45. The van der Waals surface area contributed by atoms with Gasteiger partial charge in [0.25, 0.3) is 10.2 Å². The van der Waals surface area contributed by atoms with Crippen LogP contribution in [0.15, 0.2) is 48.7 Å². The van der Waals surface area contributed by atoms with Gasteiger partial charge in [-0.25, -0.2) is 9.67 Å². The average Bonchev–Trinajstić information content (AvgIpc) is 3.47. The van der Waals surface area contributed by atoms with Crippen LogP contribution in [-0.2, 0) is 28.5 Å². The minimum absolute atomic E-state index is 0.0689. The van der Waals surface area contributed by atoms with Gasteiger partial charge in [-0.1, -0.05) is 18.2 Å². The largest absolute Gasteiger partial charge is 0.421 e. The van der Waals surface area contributed by atoms with E-state index in [1.54, 1.807) is 37.3 Å². The third kappa shape index (κ3) is 6.59. The third-order valence-corrected chi connectivity index (χ3v) is 6.75. The second-order valence-electron chi connectivity index (χ2n) is 8.37. The number of nitrogens with one attached hydrogen (secondary N) is 2. The molecular formula is C22H21F6N5O3S. The van der Waals surface area contributed by atoms with Crippen LogP contribution in [-0.4, -0.2) is 35.9 Å². The van der Waals surface area contributed by atoms with Crippen LogP contribution in [0.4, 0.5) is 26.3 Å². The number of pyridine rings is 1. The zero-order valence-electron chi connectivity index (χ0n) is 19.2. The zero-order chi connectivity index (χ0) is 27.1. The van der Waals surface area contributed by atoms with E-state index in [2.05, 4.69) is 14.8 Å². The van der Waals surface area contributed by atoms with Crippen molar-refractivity contribution in [2.45, 2.75) is 44.2 Å². The first-order valence-electron chi connectivity index (χ1n) is 10.9. The first-order chi connectivity index (χ1) is 17.2. The highest BCUT2D eigenvalue weighted by atomic mass is 32.2.